The normalized spacial score (nSPS) is 24.2. The van der Waals surface area contributed by atoms with Crippen LogP contribution in [0.3, 0.4) is 0 Å². The maximum atomic E-state index is 13.7. The first-order valence-corrected chi connectivity index (χ1v) is 15.1. The highest BCUT2D eigenvalue weighted by atomic mass is 16.5. The van der Waals surface area contributed by atoms with Crippen LogP contribution in [0.1, 0.15) is 61.9 Å². The molecular weight excluding hydrogens is 504 g/mol. The van der Waals surface area contributed by atoms with Gasteiger partial charge in [-0.25, -0.2) is 0 Å². The van der Waals surface area contributed by atoms with Crippen LogP contribution in [-0.4, -0.2) is 85.0 Å². The standard InChI is InChI=1S/C31H46N6O3/c1-21-15-22(2)34-31(39)28(21)19-32-30(38)27-16-24(17-29(23(27)3)35(4)26-7-5-6-8-26)25-18-33-37(20-25)10-9-36-11-13-40-14-12-36/h16-18,20-22,26,28H,5-15,19H2,1-4H3,(H,32,38)(H,34,39). The molecule has 3 fully saturated rings. The minimum absolute atomic E-state index is 0.0307. The van der Waals surface area contributed by atoms with Crippen molar-refractivity contribution >= 4 is 17.5 Å². The van der Waals surface area contributed by atoms with Crippen LogP contribution in [0.2, 0.25) is 0 Å². The molecule has 0 spiro atoms. The van der Waals surface area contributed by atoms with Gasteiger partial charge in [0.2, 0.25) is 5.91 Å². The molecule has 1 saturated carbocycles. The van der Waals surface area contributed by atoms with Gasteiger partial charge in [-0.3, -0.25) is 19.2 Å². The molecule has 3 aliphatic rings. The van der Waals surface area contributed by atoms with Crippen molar-refractivity contribution in [3.8, 4) is 11.1 Å². The van der Waals surface area contributed by atoms with E-state index in [1.807, 2.05) is 30.8 Å². The van der Waals surface area contributed by atoms with Gasteiger partial charge >= 0.3 is 0 Å². The van der Waals surface area contributed by atoms with Gasteiger partial charge in [-0.05, 0) is 62.3 Å². The quantitative estimate of drug-likeness (QED) is 0.497. The van der Waals surface area contributed by atoms with E-state index in [2.05, 4.69) is 51.8 Å². The summed E-state index contributed by atoms with van der Waals surface area (Å²) in [5.41, 5.74) is 4.73. The van der Waals surface area contributed by atoms with Gasteiger partial charge in [-0.15, -0.1) is 0 Å². The second-order valence-electron chi connectivity index (χ2n) is 12.1. The average Bonchev–Trinajstić information content (AvgIpc) is 3.64. The summed E-state index contributed by atoms with van der Waals surface area (Å²) < 4.78 is 7.46. The molecule has 0 radical (unpaired) electrons. The second-order valence-corrected chi connectivity index (χ2v) is 12.1. The van der Waals surface area contributed by atoms with Gasteiger partial charge < -0.3 is 20.3 Å². The van der Waals surface area contributed by atoms with Gasteiger partial charge in [0.15, 0.2) is 0 Å². The van der Waals surface area contributed by atoms with Gasteiger partial charge in [-0.1, -0.05) is 19.8 Å². The smallest absolute Gasteiger partial charge is 0.251 e. The van der Waals surface area contributed by atoms with E-state index < -0.39 is 0 Å². The summed E-state index contributed by atoms with van der Waals surface area (Å²) in [4.78, 5) is 31.0. The molecule has 2 aliphatic heterocycles. The van der Waals surface area contributed by atoms with Crippen molar-refractivity contribution in [3.63, 3.8) is 0 Å². The fraction of sp³-hybridized carbons (Fsp3) is 0.645. The van der Waals surface area contributed by atoms with Crippen molar-refractivity contribution in [3.05, 3.63) is 35.7 Å². The lowest BCUT2D eigenvalue weighted by atomic mass is 9.84. The lowest BCUT2D eigenvalue weighted by Crippen LogP contribution is -2.50. The van der Waals surface area contributed by atoms with E-state index in [4.69, 9.17) is 4.74 Å². The summed E-state index contributed by atoms with van der Waals surface area (Å²) in [5.74, 6) is -0.0836. The first-order chi connectivity index (χ1) is 19.3. The highest BCUT2D eigenvalue weighted by molar-refractivity contribution is 5.99. The third kappa shape index (κ3) is 6.52. The molecule has 9 nitrogen and oxygen atoms in total. The lowest BCUT2D eigenvalue weighted by Gasteiger charge is -2.33. The highest BCUT2D eigenvalue weighted by Crippen LogP contribution is 2.34. The Hall–Kier alpha value is -2.91. The topological polar surface area (TPSA) is 91.7 Å². The predicted molar refractivity (Wildman–Crippen MR) is 158 cm³/mol. The monoisotopic (exact) mass is 550 g/mol. The number of morpholine rings is 1. The zero-order valence-electron chi connectivity index (χ0n) is 24.6. The summed E-state index contributed by atoms with van der Waals surface area (Å²) in [6.45, 7) is 11.8. The van der Waals surface area contributed by atoms with Crippen LogP contribution in [-0.2, 0) is 16.1 Å². The maximum Gasteiger partial charge on any atom is 0.251 e. The second kappa shape index (κ2) is 12.7. The Morgan fingerprint density at radius 3 is 2.62 bits per heavy atom. The molecule has 1 aromatic carbocycles. The fourth-order valence-electron chi connectivity index (χ4n) is 6.64. The highest BCUT2D eigenvalue weighted by Gasteiger charge is 2.32. The Morgan fingerprint density at radius 1 is 1.15 bits per heavy atom. The van der Waals surface area contributed by atoms with E-state index in [-0.39, 0.29) is 29.7 Å². The van der Waals surface area contributed by atoms with Crippen LogP contribution in [0.25, 0.3) is 11.1 Å². The van der Waals surface area contributed by atoms with Crippen molar-refractivity contribution < 1.29 is 14.3 Å². The zero-order valence-corrected chi connectivity index (χ0v) is 24.6. The molecule has 9 heteroatoms. The van der Waals surface area contributed by atoms with Crippen molar-refractivity contribution in [1.29, 1.82) is 0 Å². The molecule has 2 amide bonds. The largest absolute Gasteiger partial charge is 0.379 e. The Balaban J connectivity index is 1.37. The average molecular weight is 551 g/mol. The molecule has 2 saturated heterocycles. The number of amides is 2. The van der Waals surface area contributed by atoms with Crippen LogP contribution in [0.5, 0.6) is 0 Å². The van der Waals surface area contributed by atoms with E-state index in [1.165, 1.54) is 25.7 Å². The Morgan fingerprint density at radius 2 is 1.90 bits per heavy atom. The number of hydrogen-bond acceptors (Lipinski definition) is 6. The molecule has 1 aromatic heterocycles. The van der Waals surface area contributed by atoms with Crippen molar-refractivity contribution in [1.82, 2.24) is 25.3 Å². The summed E-state index contributed by atoms with van der Waals surface area (Å²) >= 11 is 0. The van der Waals surface area contributed by atoms with E-state index in [9.17, 15) is 9.59 Å². The predicted octanol–water partition coefficient (Wildman–Crippen LogP) is 3.46. The van der Waals surface area contributed by atoms with Crippen LogP contribution >= 0.6 is 0 Å². The molecule has 0 bridgehead atoms. The number of carbonyl (C=O) groups excluding carboxylic acids is 2. The summed E-state index contributed by atoms with van der Waals surface area (Å²) in [6.07, 6.45) is 9.76. The zero-order chi connectivity index (χ0) is 28.2. The van der Waals surface area contributed by atoms with Crippen molar-refractivity contribution in [2.75, 3.05) is 51.3 Å². The number of nitrogens with one attached hydrogen (secondary N) is 2. The lowest BCUT2D eigenvalue weighted by molar-refractivity contribution is -0.129. The van der Waals surface area contributed by atoms with E-state index in [1.54, 1.807) is 0 Å². The molecule has 2 aromatic rings. The third-order valence-corrected chi connectivity index (χ3v) is 9.21. The van der Waals surface area contributed by atoms with Gasteiger partial charge in [0.05, 0.1) is 31.9 Å². The Kier molecular flexibility index (Phi) is 9.10. The van der Waals surface area contributed by atoms with Gasteiger partial charge in [-0.2, -0.15) is 5.10 Å². The number of rotatable bonds is 9. The number of anilines is 1. The van der Waals surface area contributed by atoms with E-state index >= 15 is 0 Å². The van der Waals surface area contributed by atoms with Crippen LogP contribution in [0, 0.1) is 18.8 Å². The Labute approximate surface area is 238 Å². The number of ether oxygens (including phenoxy) is 1. The maximum absolute atomic E-state index is 13.7. The van der Waals surface area contributed by atoms with Gasteiger partial charge in [0, 0.05) is 68.3 Å². The molecule has 3 atom stereocenters. The fourth-order valence-corrected chi connectivity index (χ4v) is 6.64. The molecule has 3 unspecified atom stereocenters. The molecular formula is C31H46N6O3. The third-order valence-electron chi connectivity index (χ3n) is 9.21. The SMILES string of the molecule is Cc1c(C(=O)NCC2C(=O)NC(C)CC2C)cc(-c2cnn(CCN3CCOCC3)c2)cc1N(C)C1CCCC1. The van der Waals surface area contributed by atoms with Gasteiger partial charge in [0.1, 0.15) is 0 Å². The van der Waals surface area contributed by atoms with Crippen LogP contribution in [0.15, 0.2) is 24.5 Å². The molecule has 218 valence electrons. The first kappa shape index (κ1) is 28.6. The van der Waals surface area contributed by atoms with Crippen LogP contribution < -0.4 is 15.5 Å². The number of hydrogen-bond donors (Lipinski definition) is 2. The van der Waals surface area contributed by atoms with Crippen molar-refractivity contribution in [2.45, 2.75) is 71.5 Å². The van der Waals surface area contributed by atoms with E-state index in [0.717, 1.165) is 68.2 Å². The Bertz CT molecular complexity index is 1180. The summed E-state index contributed by atoms with van der Waals surface area (Å²) in [6, 6.07) is 4.87. The molecule has 5 rings (SSSR count). The van der Waals surface area contributed by atoms with Crippen LogP contribution in [0.4, 0.5) is 5.69 Å². The van der Waals surface area contributed by atoms with E-state index in [0.29, 0.717) is 18.2 Å². The number of piperidine rings is 1. The summed E-state index contributed by atoms with van der Waals surface area (Å²) in [5, 5.41) is 10.8. The minimum atomic E-state index is -0.214. The number of carbonyl (C=O) groups is 2. The van der Waals surface area contributed by atoms with Crippen molar-refractivity contribution in [2.24, 2.45) is 11.8 Å². The minimum Gasteiger partial charge on any atom is -0.379 e. The summed E-state index contributed by atoms with van der Waals surface area (Å²) in [7, 11) is 2.16. The van der Waals surface area contributed by atoms with Gasteiger partial charge in [0.25, 0.3) is 5.91 Å². The molecule has 2 N–H and O–H groups in total. The number of nitrogens with zero attached hydrogens (tertiary/aromatic N) is 4. The molecule has 1 aliphatic carbocycles. The first-order valence-electron chi connectivity index (χ1n) is 15.1. The molecule has 3 heterocycles. The number of aromatic nitrogens is 2. The number of benzene rings is 1. The molecule has 40 heavy (non-hydrogen) atoms.